The van der Waals surface area contributed by atoms with Crippen molar-refractivity contribution in [1.82, 2.24) is 4.90 Å². The number of rotatable bonds is 6. The van der Waals surface area contributed by atoms with Crippen molar-refractivity contribution >= 4 is 28.9 Å². The van der Waals surface area contributed by atoms with E-state index >= 15 is 0 Å². The fourth-order valence-electron chi connectivity index (χ4n) is 4.05. The van der Waals surface area contributed by atoms with E-state index in [4.69, 9.17) is 4.74 Å². The van der Waals surface area contributed by atoms with Gasteiger partial charge in [0, 0.05) is 62.3 Å². The van der Waals surface area contributed by atoms with Gasteiger partial charge in [-0.2, -0.15) is 0 Å². The van der Waals surface area contributed by atoms with Gasteiger partial charge in [0.1, 0.15) is 5.75 Å². The number of hydrogen-bond donors (Lipinski definition) is 1. The van der Waals surface area contributed by atoms with Gasteiger partial charge < -0.3 is 19.9 Å². The molecule has 2 amide bonds. The Bertz CT molecular complexity index is 909. The third kappa shape index (κ3) is 4.74. The molecule has 0 bridgehead atoms. The molecule has 2 heterocycles. The molecule has 2 aromatic rings. The predicted octanol–water partition coefficient (Wildman–Crippen LogP) is 2.58. The number of anilines is 3. The van der Waals surface area contributed by atoms with Crippen LogP contribution in [0.15, 0.2) is 48.5 Å². The Morgan fingerprint density at radius 3 is 2.50 bits per heavy atom. The average Bonchev–Trinajstić information content (AvgIpc) is 3.20. The maximum atomic E-state index is 12.5. The lowest BCUT2D eigenvalue weighted by atomic mass is 10.2. The first kappa shape index (κ1) is 20.2. The molecule has 2 fully saturated rings. The summed E-state index contributed by atoms with van der Waals surface area (Å²) < 4.78 is 5.31. The molecule has 0 saturated carbocycles. The molecule has 0 spiro atoms. The molecule has 2 aliphatic heterocycles. The Morgan fingerprint density at radius 1 is 1.00 bits per heavy atom. The predicted molar refractivity (Wildman–Crippen MR) is 118 cm³/mol. The van der Waals surface area contributed by atoms with Crippen molar-refractivity contribution in [2.45, 2.75) is 12.8 Å². The van der Waals surface area contributed by atoms with Gasteiger partial charge in [-0.3, -0.25) is 14.5 Å². The highest BCUT2D eigenvalue weighted by Crippen LogP contribution is 2.25. The molecule has 7 heteroatoms. The van der Waals surface area contributed by atoms with E-state index in [0.29, 0.717) is 13.0 Å². The van der Waals surface area contributed by atoms with Crippen LogP contribution in [-0.2, 0) is 9.59 Å². The second kappa shape index (κ2) is 9.17. The third-order valence-electron chi connectivity index (χ3n) is 5.67. The van der Waals surface area contributed by atoms with Crippen molar-refractivity contribution in [2.24, 2.45) is 0 Å². The number of piperazine rings is 1. The van der Waals surface area contributed by atoms with Gasteiger partial charge in [0.25, 0.3) is 0 Å². The highest BCUT2D eigenvalue weighted by molar-refractivity contribution is 5.97. The minimum Gasteiger partial charge on any atom is -0.497 e. The van der Waals surface area contributed by atoms with E-state index in [-0.39, 0.29) is 11.8 Å². The zero-order chi connectivity index (χ0) is 20.9. The molecule has 2 saturated heterocycles. The highest BCUT2D eigenvalue weighted by atomic mass is 16.5. The van der Waals surface area contributed by atoms with Gasteiger partial charge in [0.2, 0.25) is 11.8 Å². The van der Waals surface area contributed by atoms with Crippen LogP contribution in [0.25, 0.3) is 0 Å². The van der Waals surface area contributed by atoms with E-state index in [1.165, 1.54) is 0 Å². The van der Waals surface area contributed by atoms with Crippen molar-refractivity contribution in [2.75, 3.05) is 61.5 Å². The summed E-state index contributed by atoms with van der Waals surface area (Å²) in [7, 11) is 1.67. The van der Waals surface area contributed by atoms with Gasteiger partial charge in [-0.15, -0.1) is 0 Å². The number of benzene rings is 2. The normalized spacial score (nSPS) is 17.3. The summed E-state index contributed by atoms with van der Waals surface area (Å²) >= 11 is 0. The SMILES string of the molecule is COc1cccc(N2CCN(CC(=O)Nc3cccc(N4CCCC4=O)c3)CC2)c1. The van der Waals surface area contributed by atoms with Crippen molar-refractivity contribution in [3.63, 3.8) is 0 Å². The lowest BCUT2D eigenvalue weighted by molar-refractivity contribution is -0.118. The molecule has 0 aliphatic carbocycles. The molecule has 7 nitrogen and oxygen atoms in total. The van der Waals surface area contributed by atoms with Crippen LogP contribution in [0.1, 0.15) is 12.8 Å². The number of nitrogens with zero attached hydrogens (tertiary/aromatic N) is 3. The minimum atomic E-state index is -0.0327. The monoisotopic (exact) mass is 408 g/mol. The molecule has 0 unspecified atom stereocenters. The molecule has 2 aliphatic rings. The average molecular weight is 409 g/mol. The van der Waals surface area contributed by atoms with Gasteiger partial charge in [0.15, 0.2) is 0 Å². The van der Waals surface area contributed by atoms with E-state index in [2.05, 4.69) is 21.2 Å². The Morgan fingerprint density at radius 2 is 1.77 bits per heavy atom. The molecule has 30 heavy (non-hydrogen) atoms. The Kier molecular flexibility index (Phi) is 6.18. The highest BCUT2D eigenvalue weighted by Gasteiger charge is 2.22. The number of ether oxygens (including phenoxy) is 1. The molecule has 4 rings (SSSR count). The lowest BCUT2D eigenvalue weighted by Crippen LogP contribution is -2.48. The molecule has 158 valence electrons. The van der Waals surface area contributed by atoms with Gasteiger partial charge in [-0.1, -0.05) is 12.1 Å². The second-order valence-corrected chi connectivity index (χ2v) is 7.71. The summed E-state index contributed by atoms with van der Waals surface area (Å²) in [6.45, 7) is 4.49. The summed E-state index contributed by atoms with van der Waals surface area (Å²) in [5, 5.41) is 2.98. The quantitative estimate of drug-likeness (QED) is 0.796. The molecule has 1 N–H and O–H groups in total. The maximum Gasteiger partial charge on any atom is 0.238 e. The van der Waals surface area contributed by atoms with Crippen molar-refractivity contribution in [1.29, 1.82) is 0 Å². The number of carbonyl (C=O) groups excluding carboxylic acids is 2. The van der Waals surface area contributed by atoms with Gasteiger partial charge in [-0.05, 0) is 36.8 Å². The van der Waals surface area contributed by atoms with Crippen molar-refractivity contribution < 1.29 is 14.3 Å². The van der Waals surface area contributed by atoms with Crippen LogP contribution >= 0.6 is 0 Å². The number of amides is 2. The Balaban J connectivity index is 1.28. The summed E-state index contributed by atoms with van der Waals surface area (Å²) in [5.41, 5.74) is 2.72. The van der Waals surface area contributed by atoms with Crippen molar-refractivity contribution in [3.05, 3.63) is 48.5 Å². The van der Waals surface area contributed by atoms with Crippen LogP contribution in [0.2, 0.25) is 0 Å². The molecular formula is C23H28N4O3. The summed E-state index contributed by atoms with van der Waals surface area (Å²) in [5.74, 6) is 0.967. The third-order valence-corrected chi connectivity index (χ3v) is 5.67. The summed E-state index contributed by atoms with van der Waals surface area (Å²) in [4.78, 5) is 30.8. The van der Waals surface area contributed by atoms with E-state index < -0.39 is 0 Å². The van der Waals surface area contributed by atoms with Crippen LogP contribution in [0.4, 0.5) is 17.1 Å². The number of nitrogens with one attached hydrogen (secondary N) is 1. The van der Waals surface area contributed by atoms with Crippen LogP contribution in [0.5, 0.6) is 5.75 Å². The largest absolute Gasteiger partial charge is 0.497 e. The lowest BCUT2D eigenvalue weighted by Gasteiger charge is -2.35. The van der Waals surface area contributed by atoms with E-state index in [1.54, 1.807) is 12.0 Å². The van der Waals surface area contributed by atoms with Crippen LogP contribution in [0.3, 0.4) is 0 Å². The van der Waals surface area contributed by atoms with Crippen LogP contribution in [0, 0.1) is 0 Å². The smallest absolute Gasteiger partial charge is 0.238 e. The second-order valence-electron chi connectivity index (χ2n) is 7.71. The first-order chi connectivity index (χ1) is 14.6. The van der Waals surface area contributed by atoms with Crippen molar-refractivity contribution in [3.8, 4) is 5.75 Å². The fraction of sp³-hybridized carbons (Fsp3) is 0.391. The Labute approximate surface area is 177 Å². The van der Waals surface area contributed by atoms with E-state index in [9.17, 15) is 9.59 Å². The van der Waals surface area contributed by atoms with Crippen LogP contribution in [-0.4, -0.2) is 63.1 Å². The molecule has 0 atom stereocenters. The van der Waals surface area contributed by atoms with Gasteiger partial charge >= 0.3 is 0 Å². The van der Waals surface area contributed by atoms with Crippen LogP contribution < -0.4 is 19.9 Å². The minimum absolute atomic E-state index is 0.0327. The zero-order valence-electron chi connectivity index (χ0n) is 17.3. The summed E-state index contributed by atoms with van der Waals surface area (Å²) in [6.07, 6.45) is 1.48. The molecule has 0 radical (unpaired) electrons. The number of methoxy groups -OCH3 is 1. The Hall–Kier alpha value is -3.06. The first-order valence-electron chi connectivity index (χ1n) is 10.4. The maximum absolute atomic E-state index is 12.5. The van der Waals surface area contributed by atoms with E-state index in [0.717, 1.165) is 62.0 Å². The van der Waals surface area contributed by atoms with E-state index in [1.807, 2.05) is 42.5 Å². The van der Waals surface area contributed by atoms with Gasteiger partial charge in [-0.25, -0.2) is 0 Å². The molecule has 2 aromatic carbocycles. The number of hydrogen-bond acceptors (Lipinski definition) is 5. The first-order valence-corrected chi connectivity index (χ1v) is 10.4. The van der Waals surface area contributed by atoms with Gasteiger partial charge in [0.05, 0.1) is 13.7 Å². The zero-order valence-corrected chi connectivity index (χ0v) is 17.3. The standard InChI is InChI=1S/C23H28N4O3/c1-30-21-8-3-6-19(16-21)26-13-11-25(12-14-26)17-22(28)24-18-5-2-7-20(15-18)27-10-4-9-23(27)29/h2-3,5-8,15-16H,4,9-14,17H2,1H3,(H,24,28). The number of carbonyl (C=O) groups is 2. The molecular weight excluding hydrogens is 380 g/mol. The molecule has 0 aromatic heterocycles. The summed E-state index contributed by atoms with van der Waals surface area (Å²) in [6, 6.07) is 15.6. The fourth-order valence-corrected chi connectivity index (χ4v) is 4.05. The topological polar surface area (TPSA) is 65.1 Å².